The van der Waals surface area contributed by atoms with Crippen molar-refractivity contribution in [1.82, 2.24) is 0 Å². The van der Waals surface area contributed by atoms with E-state index in [0.29, 0.717) is 24.3 Å². The van der Waals surface area contributed by atoms with Crippen molar-refractivity contribution in [1.29, 1.82) is 0 Å². The fourth-order valence-electron chi connectivity index (χ4n) is 1.39. The Hall–Kier alpha value is -0.930. The van der Waals surface area contributed by atoms with E-state index in [9.17, 15) is 4.39 Å². The molecule has 0 bridgehead atoms. The van der Waals surface area contributed by atoms with Crippen molar-refractivity contribution in [3.05, 3.63) is 35.1 Å². The molecule has 0 atom stereocenters. The van der Waals surface area contributed by atoms with Crippen molar-refractivity contribution in [2.75, 3.05) is 13.2 Å². The zero-order valence-corrected chi connectivity index (χ0v) is 7.42. The van der Waals surface area contributed by atoms with E-state index in [2.05, 4.69) is 0 Å². The first-order valence-electron chi connectivity index (χ1n) is 4.27. The van der Waals surface area contributed by atoms with Gasteiger partial charge in [-0.15, -0.1) is 0 Å². The van der Waals surface area contributed by atoms with Gasteiger partial charge in [0.15, 0.2) is 6.29 Å². The monoisotopic (exact) mass is 182 g/mol. The van der Waals surface area contributed by atoms with Gasteiger partial charge in [0.2, 0.25) is 0 Å². The first-order chi connectivity index (χ1) is 6.29. The maximum Gasteiger partial charge on any atom is 0.186 e. The van der Waals surface area contributed by atoms with Crippen LogP contribution in [0.5, 0.6) is 0 Å². The molecule has 1 heterocycles. The lowest BCUT2D eigenvalue weighted by Crippen LogP contribution is -2.02. The minimum Gasteiger partial charge on any atom is -0.346 e. The van der Waals surface area contributed by atoms with Crippen LogP contribution in [-0.2, 0) is 9.47 Å². The largest absolute Gasteiger partial charge is 0.346 e. The fraction of sp³-hybridized carbons (Fsp3) is 0.400. The van der Waals surface area contributed by atoms with Crippen molar-refractivity contribution in [3.63, 3.8) is 0 Å². The maximum atomic E-state index is 13.5. The highest BCUT2D eigenvalue weighted by Crippen LogP contribution is 2.26. The molecule has 1 fully saturated rings. The molecule has 0 unspecified atom stereocenters. The molecule has 0 amide bonds. The molecule has 1 aromatic rings. The van der Waals surface area contributed by atoms with E-state index in [1.54, 1.807) is 25.1 Å². The van der Waals surface area contributed by atoms with E-state index in [4.69, 9.17) is 9.47 Å². The molecule has 1 saturated heterocycles. The van der Waals surface area contributed by atoms with Crippen LogP contribution in [0.15, 0.2) is 18.2 Å². The predicted octanol–water partition coefficient (Wildman–Crippen LogP) is 2.18. The van der Waals surface area contributed by atoms with Gasteiger partial charge < -0.3 is 9.47 Å². The van der Waals surface area contributed by atoms with E-state index in [0.717, 1.165) is 0 Å². The zero-order chi connectivity index (χ0) is 9.26. The average molecular weight is 182 g/mol. The molecule has 0 aromatic heterocycles. The van der Waals surface area contributed by atoms with Crippen LogP contribution < -0.4 is 0 Å². The van der Waals surface area contributed by atoms with Gasteiger partial charge in [0.25, 0.3) is 0 Å². The Kier molecular flexibility index (Phi) is 2.29. The third kappa shape index (κ3) is 1.57. The van der Waals surface area contributed by atoms with Gasteiger partial charge in [0.05, 0.1) is 13.2 Å². The third-order valence-corrected chi connectivity index (χ3v) is 2.10. The molecule has 0 aliphatic carbocycles. The molecule has 2 rings (SSSR count). The van der Waals surface area contributed by atoms with Crippen molar-refractivity contribution in [2.45, 2.75) is 13.2 Å². The summed E-state index contributed by atoms with van der Waals surface area (Å²) < 4.78 is 23.9. The molecule has 0 N–H and O–H groups in total. The predicted molar refractivity (Wildman–Crippen MR) is 45.8 cm³/mol. The topological polar surface area (TPSA) is 18.5 Å². The molecule has 0 saturated carbocycles. The van der Waals surface area contributed by atoms with Crippen molar-refractivity contribution >= 4 is 0 Å². The van der Waals surface area contributed by atoms with Crippen LogP contribution >= 0.6 is 0 Å². The number of benzene rings is 1. The van der Waals surface area contributed by atoms with Crippen LogP contribution in [0.3, 0.4) is 0 Å². The zero-order valence-electron chi connectivity index (χ0n) is 7.42. The Morgan fingerprint density at radius 3 is 2.69 bits per heavy atom. The van der Waals surface area contributed by atoms with Gasteiger partial charge in [-0.2, -0.15) is 0 Å². The first-order valence-corrected chi connectivity index (χ1v) is 4.27. The van der Waals surface area contributed by atoms with Crippen LogP contribution in [0.1, 0.15) is 17.4 Å². The average Bonchev–Trinajstić information content (AvgIpc) is 2.62. The summed E-state index contributed by atoms with van der Waals surface area (Å²) in [7, 11) is 0. The third-order valence-electron chi connectivity index (χ3n) is 2.10. The second-order valence-corrected chi connectivity index (χ2v) is 3.05. The van der Waals surface area contributed by atoms with Gasteiger partial charge in [-0.3, -0.25) is 0 Å². The molecular weight excluding hydrogens is 171 g/mol. The highest BCUT2D eigenvalue weighted by molar-refractivity contribution is 5.25. The van der Waals surface area contributed by atoms with Gasteiger partial charge in [0.1, 0.15) is 5.82 Å². The van der Waals surface area contributed by atoms with Crippen LogP contribution in [0.4, 0.5) is 4.39 Å². The number of aryl methyl sites for hydroxylation is 1. The summed E-state index contributed by atoms with van der Waals surface area (Å²) in [5.74, 6) is -0.227. The van der Waals surface area contributed by atoms with Gasteiger partial charge in [0, 0.05) is 5.56 Å². The second-order valence-electron chi connectivity index (χ2n) is 3.05. The molecule has 3 heteroatoms. The van der Waals surface area contributed by atoms with Crippen LogP contribution in [0.2, 0.25) is 0 Å². The lowest BCUT2D eigenvalue weighted by molar-refractivity contribution is -0.0465. The number of ether oxygens (including phenoxy) is 2. The molecule has 1 aliphatic heterocycles. The maximum absolute atomic E-state index is 13.5. The van der Waals surface area contributed by atoms with Gasteiger partial charge >= 0.3 is 0 Å². The normalized spacial score (nSPS) is 18.0. The molecule has 70 valence electrons. The highest BCUT2D eigenvalue weighted by Gasteiger charge is 2.21. The Morgan fingerprint density at radius 1 is 1.31 bits per heavy atom. The van der Waals surface area contributed by atoms with Crippen molar-refractivity contribution in [2.24, 2.45) is 0 Å². The first kappa shape index (κ1) is 8.66. The minimum absolute atomic E-state index is 0.227. The Balaban J connectivity index is 2.33. The number of hydrogen-bond donors (Lipinski definition) is 0. The van der Waals surface area contributed by atoms with Crippen molar-refractivity contribution in [3.8, 4) is 0 Å². The van der Waals surface area contributed by atoms with Crippen LogP contribution in [0, 0.1) is 12.7 Å². The molecule has 1 aromatic carbocycles. The van der Waals surface area contributed by atoms with Crippen LogP contribution in [-0.4, -0.2) is 13.2 Å². The van der Waals surface area contributed by atoms with Gasteiger partial charge in [-0.1, -0.05) is 18.2 Å². The Morgan fingerprint density at radius 2 is 2.00 bits per heavy atom. The van der Waals surface area contributed by atoms with E-state index < -0.39 is 6.29 Å². The minimum atomic E-state index is -0.514. The summed E-state index contributed by atoms with van der Waals surface area (Å²) in [6.07, 6.45) is -0.514. The molecule has 2 nitrogen and oxygen atoms in total. The molecule has 1 aliphatic rings. The number of rotatable bonds is 1. The highest BCUT2D eigenvalue weighted by atomic mass is 19.1. The summed E-state index contributed by atoms with van der Waals surface area (Å²) in [5, 5.41) is 0. The number of halogens is 1. The fourth-order valence-corrected chi connectivity index (χ4v) is 1.39. The smallest absolute Gasteiger partial charge is 0.186 e. The van der Waals surface area contributed by atoms with E-state index in [1.807, 2.05) is 0 Å². The van der Waals surface area contributed by atoms with Crippen molar-refractivity contribution < 1.29 is 13.9 Å². The quantitative estimate of drug-likeness (QED) is 0.662. The summed E-state index contributed by atoms with van der Waals surface area (Å²) in [4.78, 5) is 0. The molecule has 0 radical (unpaired) electrons. The van der Waals surface area contributed by atoms with E-state index in [1.165, 1.54) is 0 Å². The molecule has 0 spiro atoms. The lowest BCUT2D eigenvalue weighted by atomic mass is 10.1. The second kappa shape index (κ2) is 3.44. The standard InChI is InChI=1S/C10H11FO2/c1-7-3-2-4-8(9(7)11)10-12-5-6-13-10/h2-4,10H,5-6H2,1H3. The van der Waals surface area contributed by atoms with Crippen LogP contribution in [0.25, 0.3) is 0 Å². The Labute approximate surface area is 76.3 Å². The summed E-state index contributed by atoms with van der Waals surface area (Å²) >= 11 is 0. The van der Waals surface area contributed by atoms with Gasteiger partial charge in [-0.05, 0) is 12.5 Å². The summed E-state index contributed by atoms with van der Waals surface area (Å²) in [6.45, 7) is 2.81. The van der Waals surface area contributed by atoms with E-state index >= 15 is 0 Å². The Bertz CT molecular complexity index is 306. The lowest BCUT2D eigenvalue weighted by Gasteiger charge is -2.11. The summed E-state index contributed by atoms with van der Waals surface area (Å²) in [6, 6.07) is 5.23. The van der Waals surface area contributed by atoms with E-state index in [-0.39, 0.29) is 5.82 Å². The molecular formula is C10H11FO2. The molecule has 13 heavy (non-hydrogen) atoms. The van der Waals surface area contributed by atoms with Gasteiger partial charge in [-0.25, -0.2) is 4.39 Å². The SMILES string of the molecule is Cc1cccc(C2OCCO2)c1F. The summed E-state index contributed by atoms with van der Waals surface area (Å²) in [5.41, 5.74) is 1.12. The number of hydrogen-bond acceptors (Lipinski definition) is 2.